The highest BCUT2D eigenvalue weighted by Gasteiger charge is 2.38. The van der Waals surface area contributed by atoms with Gasteiger partial charge in [-0.05, 0) is 43.5 Å². The summed E-state index contributed by atoms with van der Waals surface area (Å²) in [6, 6.07) is 12.7. The summed E-state index contributed by atoms with van der Waals surface area (Å²) in [5, 5.41) is 5.75. The van der Waals surface area contributed by atoms with Gasteiger partial charge in [-0.2, -0.15) is 13.8 Å². The van der Waals surface area contributed by atoms with E-state index < -0.39 is 17.5 Å². The van der Waals surface area contributed by atoms with Crippen molar-refractivity contribution >= 4 is 40.0 Å². The number of rotatable bonds is 8. The number of hydrogen-bond donors (Lipinski definition) is 3. The van der Waals surface area contributed by atoms with Gasteiger partial charge < -0.3 is 30.2 Å². The maximum absolute atomic E-state index is 15.9. The molecule has 0 saturated carbocycles. The fourth-order valence-electron chi connectivity index (χ4n) is 4.52. The molecule has 11 heteroatoms. The zero-order valence-electron chi connectivity index (χ0n) is 21.7. The molecule has 0 aliphatic carbocycles. The topological polar surface area (TPSA) is 98.4 Å². The van der Waals surface area contributed by atoms with Crippen molar-refractivity contribution in [1.82, 2.24) is 19.9 Å². The van der Waals surface area contributed by atoms with Gasteiger partial charge in [-0.15, -0.1) is 0 Å². The van der Waals surface area contributed by atoms with Crippen LogP contribution in [0.4, 0.5) is 31.8 Å². The van der Waals surface area contributed by atoms with Crippen molar-refractivity contribution < 1.29 is 18.3 Å². The number of H-pyrrole nitrogens is 1. The Labute approximate surface area is 224 Å². The standard InChI is InChI=1S/C28H29F2N7O2/c1-4-24(38)32-19-7-5-6-18(16-19)28(29,30)25-21-10-11-31-26(21)35-27(34-25)33-22-9-8-20(17-23(22)39-3)37-14-12-36(2)13-15-37/h4-11,16-17H,1,12-15H2,2-3H3,(H,32,38)(H2,31,33,34,35). The number of aromatic nitrogens is 3. The first kappa shape index (κ1) is 26.1. The normalized spacial score (nSPS) is 14.3. The minimum Gasteiger partial charge on any atom is -0.494 e. The minimum absolute atomic E-state index is 0.0126. The first-order valence-electron chi connectivity index (χ1n) is 12.4. The number of alkyl halides is 2. The van der Waals surface area contributed by atoms with Crippen molar-refractivity contribution in [2.24, 2.45) is 0 Å². The Morgan fingerprint density at radius 3 is 2.67 bits per heavy atom. The minimum atomic E-state index is -3.50. The molecule has 1 saturated heterocycles. The van der Waals surface area contributed by atoms with Gasteiger partial charge in [0.05, 0.1) is 12.8 Å². The SMILES string of the molecule is C=CC(=O)Nc1cccc(C(F)(F)c2nc(Nc3ccc(N4CCN(C)CC4)cc3OC)nc3[nH]ccc23)c1. The summed E-state index contributed by atoms with van der Waals surface area (Å²) in [5.41, 5.74) is 1.24. The summed E-state index contributed by atoms with van der Waals surface area (Å²) in [6.07, 6.45) is 2.61. The number of ether oxygens (including phenoxy) is 1. The lowest BCUT2D eigenvalue weighted by atomic mass is 10.0. The van der Waals surface area contributed by atoms with Crippen LogP contribution in [0.5, 0.6) is 5.75 Å². The van der Waals surface area contributed by atoms with E-state index in [1.165, 1.54) is 36.5 Å². The van der Waals surface area contributed by atoms with Gasteiger partial charge in [-0.1, -0.05) is 18.7 Å². The third kappa shape index (κ3) is 5.39. The summed E-state index contributed by atoms with van der Waals surface area (Å²) < 4.78 is 37.5. The smallest absolute Gasteiger partial charge is 0.315 e. The number of aromatic amines is 1. The van der Waals surface area contributed by atoms with Crippen molar-refractivity contribution in [1.29, 1.82) is 0 Å². The van der Waals surface area contributed by atoms with Gasteiger partial charge >= 0.3 is 5.92 Å². The first-order valence-corrected chi connectivity index (χ1v) is 12.4. The Morgan fingerprint density at radius 2 is 1.92 bits per heavy atom. The molecule has 0 spiro atoms. The van der Waals surface area contributed by atoms with E-state index in [-0.39, 0.29) is 28.2 Å². The molecule has 1 aliphatic heterocycles. The van der Waals surface area contributed by atoms with Crippen LogP contribution in [0.15, 0.2) is 67.4 Å². The molecule has 0 bridgehead atoms. The third-order valence-corrected chi connectivity index (χ3v) is 6.69. The number of piperazine rings is 1. The molecule has 3 heterocycles. The maximum Gasteiger partial charge on any atom is 0.315 e. The molecule has 5 rings (SSSR count). The van der Waals surface area contributed by atoms with Crippen molar-refractivity contribution in [2.75, 3.05) is 55.9 Å². The molecule has 9 nitrogen and oxygen atoms in total. The number of anilines is 4. The summed E-state index contributed by atoms with van der Waals surface area (Å²) >= 11 is 0. The lowest BCUT2D eigenvalue weighted by molar-refractivity contribution is -0.111. The Kier molecular flexibility index (Phi) is 7.16. The molecule has 2 aromatic carbocycles. The third-order valence-electron chi connectivity index (χ3n) is 6.69. The number of nitrogens with one attached hydrogen (secondary N) is 3. The zero-order valence-corrected chi connectivity index (χ0v) is 21.7. The van der Waals surface area contributed by atoms with Gasteiger partial charge in [-0.25, -0.2) is 4.98 Å². The average molecular weight is 534 g/mol. The predicted octanol–water partition coefficient (Wildman–Crippen LogP) is 4.73. The number of likely N-dealkylation sites (N-methyl/N-ethyl adjacent to an activating group) is 1. The van der Waals surface area contributed by atoms with Crippen molar-refractivity contribution in [2.45, 2.75) is 5.92 Å². The number of nitrogens with zero attached hydrogens (tertiary/aromatic N) is 4. The molecule has 3 N–H and O–H groups in total. The molecule has 202 valence electrons. The molecule has 1 amide bonds. The molecule has 1 fully saturated rings. The Hall–Kier alpha value is -4.51. The maximum atomic E-state index is 15.9. The summed E-state index contributed by atoms with van der Waals surface area (Å²) in [5.74, 6) is -3.46. The van der Waals surface area contributed by atoms with Crippen LogP contribution in [-0.4, -0.2) is 66.1 Å². The molecular formula is C28H29F2N7O2. The highest BCUT2D eigenvalue weighted by atomic mass is 19.3. The molecule has 0 unspecified atom stereocenters. The van der Waals surface area contributed by atoms with Gasteiger partial charge in [0.25, 0.3) is 0 Å². The van der Waals surface area contributed by atoms with Crippen LogP contribution in [0.25, 0.3) is 11.0 Å². The number of carbonyl (C=O) groups is 1. The lowest BCUT2D eigenvalue weighted by Crippen LogP contribution is -2.44. The quantitative estimate of drug-likeness (QED) is 0.282. The lowest BCUT2D eigenvalue weighted by Gasteiger charge is -2.34. The zero-order chi connectivity index (χ0) is 27.6. The highest BCUT2D eigenvalue weighted by molar-refractivity contribution is 5.98. The Balaban J connectivity index is 1.48. The van der Waals surface area contributed by atoms with Crippen LogP contribution in [0.2, 0.25) is 0 Å². The second-order valence-corrected chi connectivity index (χ2v) is 9.28. The number of hydrogen-bond acceptors (Lipinski definition) is 7. The molecule has 0 atom stereocenters. The van der Waals surface area contributed by atoms with Gasteiger partial charge in [0.15, 0.2) is 0 Å². The highest BCUT2D eigenvalue weighted by Crippen LogP contribution is 2.40. The van der Waals surface area contributed by atoms with Crippen LogP contribution >= 0.6 is 0 Å². The van der Waals surface area contributed by atoms with Gasteiger partial charge in [-0.3, -0.25) is 4.79 Å². The second kappa shape index (κ2) is 10.7. The Morgan fingerprint density at radius 1 is 1.13 bits per heavy atom. The van der Waals surface area contributed by atoms with E-state index in [1.54, 1.807) is 7.11 Å². The molecule has 2 aromatic heterocycles. The number of fused-ring (bicyclic) bond motifs is 1. The average Bonchev–Trinajstić information content (AvgIpc) is 3.42. The number of amides is 1. The second-order valence-electron chi connectivity index (χ2n) is 9.28. The van der Waals surface area contributed by atoms with Crippen LogP contribution in [0.1, 0.15) is 11.3 Å². The number of methoxy groups -OCH3 is 1. The van der Waals surface area contributed by atoms with Gasteiger partial charge in [0.1, 0.15) is 17.1 Å². The van der Waals surface area contributed by atoms with Crippen molar-refractivity contribution in [3.05, 3.63) is 78.6 Å². The van der Waals surface area contributed by atoms with E-state index in [1.807, 2.05) is 18.2 Å². The van der Waals surface area contributed by atoms with Crippen LogP contribution in [-0.2, 0) is 10.7 Å². The van der Waals surface area contributed by atoms with E-state index in [9.17, 15) is 4.79 Å². The van der Waals surface area contributed by atoms with E-state index in [0.29, 0.717) is 11.4 Å². The summed E-state index contributed by atoms with van der Waals surface area (Å²) in [4.78, 5) is 27.8. The number of carbonyl (C=O) groups excluding carboxylic acids is 1. The van der Waals surface area contributed by atoms with Crippen LogP contribution in [0, 0.1) is 0 Å². The van der Waals surface area contributed by atoms with Gasteiger partial charge in [0.2, 0.25) is 11.9 Å². The van der Waals surface area contributed by atoms with Crippen LogP contribution in [0.3, 0.4) is 0 Å². The van der Waals surface area contributed by atoms with E-state index in [0.717, 1.165) is 37.9 Å². The number of halogens is 2. The van der Waals surface area contributed by atoms with Crippen LogP contribution < -0.4 is 20.3 Å². The van der Waals surface area contributed by atoms with Crippen molar-refractivity contribution in [3.63, 3.8) is 0 Å². The van der Waals surface area contributed by atoms with Gasteiger partial charge in [0, 0.05) is 60.8 Å². The fraction of sp³-hybridized carbons (Fsp3) is 0.250. The molecule has 39 heavy (non-hydrogen) atoms. The molecular weight excluding hydrogens is 504 g/mol. The first-order chi connectivity index (χ1) is 18.8. The fourth-order valence-corrected chi connectivity index (χ4v) is 4.52. The van der Waals surface area contributed by atoms with E-state index in [4.69, 9.17) is 4.74 Å². The monoisotopic (exact) mass is 533 g/mol. The van der Waals surface area contributed by atoms with E-state index in [2.05, 4.69) is 49.0 Å². The predicted molar refractivity (Wildman–Crippen MR) is 148 cm³/mol. The molecule has 4 aromatic rings. The number of benzene rings is 2. The molecule has 0 radical (unpaired) electrons. The largest absolute Gasteiger partial charge is 0.494 e. The Bertz CT molecular complexity index is 1510. The molecule has 1 aliphatic rings. The van der Waals surface area contributed by atoms with Crippen molar-refractivity contribution in [3.8, 4) is 5.75 Å². The summed E-state index contributed by atoms with van der Waals surface area (Å²) in [7, 11) is 3.65. The van der Waals surface area contributed by atoms with E-state index >= 15 is 8.78 Å². The summed E-state index contributed by atoms with van der Waals surface area (Å²) in [6.45, 7) is 7.12.